The highest BCUT2D eigenvalue weighted by atomic mass is 16.5. The maximum absolute atomic E-state index is 12.1. The van der Waals surface area contributed by atoms with Crippen molar-refractivity contribution in [3.63, 3.8) is 0 Å². The first-order valence-electron chi connectivity index (χ1n) is 7.34. The van der Waals surface area contributed by atoms with Gasteiger partial charge in [0, 0.05) is 6.42 Å². The predicted molar refractivity (Wildman–Crippen MR) is 89.3 cm³/mol. The standard InChI is InChI=1S/C18H21NO4/c1-12-7-9-14(15(20)11-12)19-17(21)10-8-13-5-4-6-16(22-2)18(13)23-3/h4-7,9,11,20H,8,10H2,1-3H3,(H,19,21). The fourth-order valence-corrected chi connectivity index (χ4v) is 2.36. The van der Waals surface area contributed by atoms with Crippen molar-refractivity contribution in [2.45, 2.75) is 19.8 Å². The van der Waals surface area contributed by atoms with E-state index in [9.17, 15) is 9.90 Å². The Morgan fingerprint density at radius 2 is 1.96 bits per heavy atom. The van der Waals surface area contributed by atoms with Crippen molar-refractivity contribution in [1.29, 1.82) is 0 Å². The maximum atomic E-state index is 12.1. The van der Waals surface area contributed by atoms with E-state index >= 15 is 0 Å². The van der Waals surface area contributed by atoms with Gasteiger partial charge in [-0.15, -0.1) is 0 Å². The number of aryl methyl sites for hydroxylation is 2. The van der Waals surface area contributed by atoms with Crippen LogP contribution in [-0.4, -0.2) is 25.2 Å². The zero-order valence-electron chi connectivity index (χ0n) is 13.6. The molecule has 0 spiro atoms. The third-order valence-corrected chi connectivity index (χ3v) is 3.53. The highest BCUT2D eigenvalue weighted by molar-refractivity contribution is 5.92. The summed E-state index contributed by atoms with van der Waals surface area (Å²) < 4.78 is 10.6. The van der Waals surface area contributed by atoms with E-state index in [2.05, 4.69) is 5.32 Å². The molecule has 2 N–H and O–H groups in total. The van der Waals surface area contributed by atoms with Gasteiger partial charge >= 0.3 is 0 Å². The lowest BCUT2D eigenvalue weighted by atomic mass is 10.1. The summed E-state index contributed by atoms with van der Waals surface area (Å²) in [5, 5.41) is 12.5. The SMILES string of the molecule is COc1cccc(CCC(=O)Nc2ccc(C)cc2O)c1OC. The number of phenolic OH excluding ortho intramolecular Hbond substituents is 1. The first-order chi connectivity index (χ1) is 11.0. The number of hydrogen-bond donors (Lipinski definition) is 2. The molecule has 5 nitrogen and oxygen atoms in total. The number of para-hydroxylation sites is 1. The molecule has 0 unspecified atom stereocenters. The molecule has 1 amide bonds. The molecule has 2 aromatic rings. The number of amides is 1. The first-order valence-corrected chi connectivity index (χ1v) is 7.34. The molecule has 0 bridgehead atoms. The van der Waals surface area contributed by atoms with Crippen molar-refractivity contribution in [2.24, 2.45) is 0 Å². The van der Waals surface area contributed by atoms with E-state index in [4.69, 9.17) is 9.47 Å². The van der Waals surface area contributed by atoms with Gasteiger partial charge in [-0.25, -0.2) is 0 Å². The number of phenols is 1. The molecule has 122 valence electrons. The summed E-state index contributed by atoms with van der Waals surface area (Å²) in [5.41, 5.74) is 2.25. The topological polar surface area (TPSA) is 67.8 Å². The van der Waals surface area contributed by atoms with Crippen molar-refractivity contribution >= 4 is 11.6 Å². The molecule has 23 heavy (non-hydrogen) atoms. The van der Waals surface area contributed by atoms with Crippen LogP contribution in [0.25, 0.3) is 0 Å². The minimum atomic E-state index is -0.172. The third kappa shape index (κ3) is 4.16. The molecule has 0 radical (unpaired) electrons. The lowest BCUT2D eigenvalue weighted by molar-refractivity contribution is -0.116. The number of nitrogens with one attached hydrogen (secondary N) is 1. The summed E-state index contributed by atoms with van der Waals surface area (Å²) in [6.07, 6.45) is 0.787. The van der Waals surface area contributed by atoms with Crippen LogP contribution in [0, 0.1) is 6.92 Å². The van der Waals surface area contributed by atoms with Crippen LogP contribution in [0.5, 0.6) is 17.2 Å². The molecule has 2 rings (SSSR count). The number of aromatic hydroxyl groups is 1. The van der Waals surface area contributed by atoms with Gasteiger partial charge < -0.3 is 19.9 Å². The van der Waals surface area contributed by atoms with E-state index in [1.165, 1.54) is 0 Å². The van der Waals surface area contributed by atoms with Gasteiger partial charge in [0.15, 0.2) is 11.5 Å². The minimum Gasteiger partial charge on any atom is -0.506 e. The van der Waals surface area contributed by atoms with Gasteiger partial charge in [0.25, 0.3) is 0 Å². The predicted octanol–water partition coefficient (Wildman–Crippen LogP) is 3.29. The van der Waals surface area contributed by atoms with Gasteiger partial charge in [-0.3, -0.25) is 4.79 Å². The van der Waals surface area contributed by atoms with Crippen LogP contribution in [-0.2, 0) is 11.2 Å². The molecule has 0 aliphatic carbocycles. The second-order valence-corrected chi connectivity index (χ2v) is 5.22. The Bertz CT molecular complexity index is 697. The Morgan fingerprint density at radius 1 is 1.17 bits per heavy atom. The van der Waals surface area contributed by atoms with Gasteiger partial charge in [-0.05, 0) is 42.7 Å². The first kappa shape index (κ1) is 16.7. The summed E-state index contributed by atoms with van der Waals surface area (Å²) in [6, 6.07) is 10.7. The molecule has 5 heteroatoms. The molecule has 0 saturated heterocycles. The zero-order valence-corrected chi connectivity index (χ0v) is 13.6. The van der Waals surface area contributed by atoms with Crippen LogP contribution in [0.3, 0.4) is 0 Å². The summed E-state index contributed by atoms with van der Waals surface area (Å²) in [4.78, 5) is 12.1. The molecular formula is C18H21NO4. The summed E-state index contributed by atoms with van der Waals surface area (Å²) in [7, 11) is 3.15. The van der Waals surface area contributed by atoms with Gasteiger partial charge in [-0.1, -0.05) is 18.2 Å². The van der Waals surface area contributed by atoms with Crippen molar-refractivity contribution in [1.82, 2.24) is 0 Å². The number of ether oxygens (including phenoxy) is 2. The zero-order chi connectivity index (χ0) is 16.8. The van der Waals surface area contributed by atoms with E-state index in [0.29, 0.717) is 23.6 Å². The second kappa shape index (κ2) is 7.54. The van der Waals surface area contributed by atoms with Crippen molar-refractivity contribution in [3.8, 4) is 17.2 Å². The number of rotatable bonds is 6. The number of benzene rings is 2. The average Bonchev–Trinajstić information content (AvgIpc) is 2.55. The van der Waals surface area contributed by atoms with Gasteiger partial charge in [0.1, 0.15) is 5.75 Å². The van der Waals surface area contributed by atoms with Crippen LogP contribution in [0.4, 0.5) is 5.69 Å². The molecule has 0 aliphatic heterocycles. The number of carbonyl (C=O) groups excluding carboxylic acids is 1. The lowest BCUT2D eigenvalue weighted by Gasteiger charge is -2.12. The molecule has 0 saturated carbocycles. The molecule has 0 aromatic heterocycles. The summed E-state index contributed by atoms with van der Waals surface area (Å²) >= 11 is 0. The number of hydrogen-bond acceptors (Lipinski definition) is 4. The molecular weight excluding hydrogens is 294 g/mol. The van der Waals surface area contributed by atoms with Gasteiger partial charge in [0.05, 0.1) is 19.9 Å². The molecule has 0 heterocycles. The van der Waals surface area contributed by atoms with Crippen LogP contribution in [0.1, 0.15) is 17.5 Å². The van der Waals surface area contributed by atoms with E-state index < -0.39 is 0 Å². The smallest absolute Gasteiger partial charge is 0.224 e. The maximum Gasteiger partial charge on any atom is 0.224 e. The van der Waals surface area contributed by atoms with E-state index in [-0.39, 0.29) is 18.1 Å². The Balaban J connectivity index is 2.02. The molecule has 0 aliphatic rings. The monoisotopic (exact) mass is 315 g/mol. The number of anilines is 1. The van der Waals surface area contributed by atoms with Crippen molar-refractivity contribution < 1.29 is 19.4 Å². The normalized spacial score (nSPS) is 10.2. The Kier molecular flexibility index (Phi) is 5.46. The van der Waals surface area contributed by atoms with Crippen LogP contribution in [0.15, 0.2) is 36.4 Å². The van der Waals surface area contributed by atoms with Crippen molar-refractivity contribution in [3.05, 3.63) is 47.5 Å². The molecule has 2 aromatic carbocycles. The van der Waals surface area contributed by atoms with Crippen LogP contribution in [0.2, 0.25) is 0 Å². The largest absolute Gasteiger partial charge is 0.506 e. The number of methoxy groups -OCH3 is 2. The van der Waals surface area contributed by atoms with E-state index in [0.717, 1.165) is 11.1 Å². The van der Waals surface area contributed by atoms with Crippen LogP contribution >= 0.6 is 0 Å². The third-order valence-electron chi connectivity index (χ3n) is 3.53. The Morgan fingerprint density at radius 3 is 2.61 bits per heavy atom. The Labute approximate surface area is 135 Å². The summed E-state index contributed by atoms with van der Waals surface area (Å²) in [5.74, 6) is 1.17. The van der Waals surface area contributed by atoms with Crippen molar-refractivity contribution in [2.75, 3.05) is 19.5 Å². The highest BCUT2D eigenvalue weighted by Gasteiger charge is 2.12. The molecule has 0 fully saturated rings. The lowest BCUT2D eigenvalue weighted by Crippen LogP contribution is -2.12. The fraction of sp³-hybridized carbons (Fsp3) is 0.278. The Hall–Kier alpha value is -2.69. The quantitative estimate of drug-likeness (QED) is 0.803. The highest BCUT2D eigenvalue weighted by Crippen LogP contribution is 2.31. The molecule has 0 atom stereocenters. The van der Waals surface area contributed by atoms with Gasteiger partial charge in [0.2, 0.25) is 5.91 Å². The number of carbonyl (C=O) groups is 1. The van der Waals surface area contributed by atoms with Crippen LogP contribution < -0.4 is 14.8 Å². The average molecular weight is 315 g/mol. The van der Waals surface area contributed by atoms with E-state index in [1.54, 1.807) is 26.4 Å². The summed E-state index contributed by atoms with van der Waals surface area (Å²) in [6.45, 7) is 1.88. The van der Waals surface area contributed by atoms with Gasteiger partial charge in [-0.2, -0.15) is 0 Å². The van der Waals surface area contributed by atoms with E-state index in [1.807, 2.05) is 31.2 Å². The minimum absolute atomic E-state index is 0.0670. The fourth-order valence-electron chi connectivity index (χ4n) is 2.36. The second-order valence-electron chi connectivity index (χ2n) is 5.22.